The molecule has 0 aliphatic rings. The van der Waals surface area contributed by atoms with Crippen molar-refractivity contribution in [3.8, 4) is 0 Å². The van der Waals surface area contributed by atoms with E-state index in [2.05, 4.69) is 13.2 Å². The SMILES string of the molecule is C=C(C)C(=O)OCCCC(=O)OC(C)CC(CC)OC(=O)CCCOC(=O)C(=C)C. The van der Waals surface area contributed by atoms with Crippen molar-refractivity contribution in [1.29, 1.82) is 0 Å². The van der Waals surface area contributed by atoms with E-state index >= 15 is 0 Å². The fourth-order valence-electron chi connectivity index (χ4n) is 2.25. The van der Waals surface area contributed by atoms with E-state index in [0.29, 0.717) is 36.8 Å². The fraction of sp³-hybridized carbons (Fsp3) is 0.636. The molecule has 0 saturated heterocycles. The first-order chi connectivity index (χ1) is 14.1. The Hall–Kier alpha value is -2.64. The molecule has 0 amide bonds. The quantitative estimate of drug-likeness (QED) is 0.170. The molecule has 0 aromatic rings. The smallest absolute Gasteiger partial charge is 0.333 e. The van der Waals surface area contributed by atoms with Gasteiger partial charge in [-0.1, -0.05) is 20.1 Å². The molecule has 0 bridgehead atoms. The van der Waals surface area contributed by atoms with Crippen molar-refractivity contribution in [3.05, 3.63) is 24.3 Å². The van der Waals surface area contributed by atoms with Crippen LogP contribution in [0.2, 0.25) is 0 Å². The van der Waals surface area contributed by atoms with Gasteiger partial charge in [-0.05, 0) is 40.0 Å². The highest BCUT2D eigenvalue weighted by Gasteiger charge is 2.19. The second-order valence-corrected chi connectivity index (χ2v) is 7.10. The summed E-state index contributed by atoms with van der Waals surface area (Å²) in [6.45, 7) is 13.9. The lowest BCUT2D eigenvalue weighted by Crippen LogP contribution is -2.25. The zero-order valence-electron chi connectivity index (χ0n) is 18.5. The largest absolute Gasteiger partial charge is 0.463 e. The molecule has 0 saturated carbocycles. The van der Waals surface area contributed by atoms with Crippen LogP contribution in [0.3, 0.4) is 0 Å². The van der Waals surface area contributed by atoms with Crippen LogP contribution in [0.1, 0.15) is 66.2 Å². The Balaban J connectivity index is 4.08. The summed E-state index contributed by atoms with van der Waals surface area (Å²) in [6.07, 6.45) is 1.10. The molecular formula is C22H34O8. The lowest BCUT2D eigenvalue weighted by Gasteiger charge is -2.20. The summed E-state index contributed by atoms with van der Waals surface area (Å²) in [6, 6.07) is 0. The van der Waals surface area contributed by atoms with Crippen LogP contribution in [0.5, 0.6) is 0 Å². The standard InChI is InChI=1S/C22H34O8/c1-7-18(30-20(24)11-9-13-28-22(26)16(4)5)14-17(6)29-19(23)10-8-12-27-21(25)15(2)3/h17-18H,2,4,7-14H2,1,3,5-6H3. The Morgan fingerprint density at radius 3 is 1.63 bits per heavy atom. The maximum Gasteiger partial charge on any atom is 0.333 e. The number of ether oxygens (including phenoxy) is 4. The summed E-state index contributed by atoms with van der Waals surface area (Å²) < 4.78 is 20.5. The van der Waals surface area contributed by atoms with Crippen molar-refractivity contribution in [2.75, 3.05) is 13.2 Å². The molecule has 8 nitrogen and oxygen atoms in total. The van der Waals surface area contributed by atoms with Gasteiger partial charge in [0.1, 0.15) is 12.2 Å². The Morgan fingerprint density at radius 2 is 1.23 bits per heavy atom. The summed E-state index contributed by atoms with van der Waals surface area (Å²) in [5, 5.41) is 0. The summed E-state index contributed by atoms with van der Waals surface area (Å²) in [5.41, 5.74) is 0.610. The van der Waals surface area contributed by atoms with Crippen LogP contribution in [0, 0.1) is 0 Å². The topological polar surface area (TPSA) is 105 Å². The van der Waals surface area contributed by atoms with Crippen LogP contribution in [-0.2, 0) is 38.1 Å². The van der Waals surface area contributed by atoms with Crippen LogP contribution in [0.15, 0.2) is 24.3 Å². The predicted molar refractivity (Wildman–Crippen MR) is 110 cm³/mol. The molecule has 0 N–H and O–H groups in total. The highest BCUT2D eigenvalue weighted by atomic mass is 16.6. The van der Waals surface area contributed by atoms with Crippen molar-refractivity contribution in [2.24, 2.45) is 0 Å². The maximum absolute atomic E-state index is 11.9. The van der Waals surface area contributed by atoms with Gasteiger partial charge in [-0.25, -0.2) is 9.59 Å². The third-order valence-electron chi connectivity index (χ3n) is 3.89. The molecule has 30 heavy (non-hydrogen) atoms. The van der Waals surface area contributed by atoms with E-state index in [1.807, 2.05) is 6.92 Å². The average molecular weight is 427 g/mol. The van der Waals surface area contributed by atoms with Crippen LogP contribution in [0.4, 0.5) is 0 Å². The minimum atomic E-state index is -0.488. The van der Waals surface area contributed by atoms with Crippen molar-refractivity contribution in [2.45, 2.75) is 78.4 Å². The Bertz CT molecular complexity index is 623. The molecule has 8 heteroatoms. The monoisotopic (exact) mass is 426 g/mol. The number of rotatable bonds is 15. The summed E-state index contributed by atoms with van der Waals surface area (Å²) in [5.74, 6) is -1.78. The molecule has 0 fully saturated rings. The van der Waals surface area contributed by atoms with E-state index in [1.54, 1.807) is 20.8 Å². The van der Waals surface area contributed by atoms with Crippen LogP contribution in [0.25, 0.3) is 0 Å². The first kappa shape index (κ1) is 27.4. The number of hydrogen-bond acceptors (Lipinski definition) is 8. The van der Waals surface area contributed by atoms with Crippen molar-refractivity contribution in [1.82, 2.24) is 0 Å². The minimum Gasteiger partial charge on any atom is -0.463 e. The van der Waals surface area contributed by atoms with Crippen molar-refractivity contribution < 1.29 is 38.1 Å². The molecule has 0 aromatic carbocycles. The molecule has 2 atom stereocenters. The second-order valence-electron chi connectivity index (χ2n) is 7.10. The maximum atomic E-state index is 11.9. The van der Waals surface area contributed by atoms with E-state index in [1.165, 1.54) is 0 Å². The molecule has 0 aliphatic heterocycles. The number of carbonyl (C=O) groups is 4. The van der Waals surface area contributed by atoms with E-state index in [-0.39, 0.29) is 32.2 Å². The molecular weight excluding hydrogens is 392 g/mol. The first-order valence-corrected chi connectivity index (χ1v) is 10.1. The van der Waals surface area contributed by atoms with Gasteiger partial charge in [0.05, 0.1) is 13.2 Å². The fourth-order valence-corrected chi connectivity index (χ4v) is 2.25. The van der Waals surface area contributed by atoms with Gasteiger partial charge in [0, 0.05) is 30.4 Å². The van der Waals surface area contributed by atoms with Gasteiger partial charge in [-0.15, -0.1) is 0 Å². The van der Waals surface area contributed by atoms with Gasteiger partial charge < -0.3 is 18.9 Å². The van der Waals surface area contributed by atoms with Crippen molar-refractivity contribution >= 4 is 23.9 Å². The van der Waals surface area contributed by atoms with Gasteiger partial charge in [-0.3, -0.25) is 9.59 Å². The summed E-state index contributed by atoms with van der Waals surface area (Å²) in [4.78, 5) is 46.3. The Morgan fingerprint density at radius 1 is 0.800 bits per heavy atom. The van der Waals surface area contributed by atoms with Crippen LogP contribution in [-0.4, -0.2) is 49.3 Å². The minimum absolute atomic E-state index is 0.117. The summed E-state index contributed by atoms with van der Waals surface area (Å²) >= 11 is 0. The van der Waals surface area contributed by atoms with E-state index < -0.39 is 30.0 Å². The Kier molecular flexibility index (Phi) is 13.9. The molecule has 0 radical (unpaired) electrons. The normalized spacial score (nSPS) is 12.3. The molecule has 0 aromatic heterocycles. The van der Waals surface area contributed by atoms with Gasteiger partial charge in [-0.2, -0.15) is 0 Å². The van der Waals surface area contributed by atoms with E-state index in [4.69, 9.17) is 18.9 Å². The molecule has 0 aliphatic carbocycles. The predicted octanol–water partition coefficient (Wildman–Crippen LogP) is 3.43. The molecule has 2 unspecified atom stereocenters. The number of esters is 4. The first-order valence-electron chi connectivity index (χ1n) is 10.1. The van der Waals surface area contributed by atoms with Gasteiger partial charge in [0.25, 0.3) is 0 Å². The van der Waals surface area contributed by atoms with Crippen molar-refractivity contribution in [3.63, 3.8) is 0 Å². The van der Waals surface area contributed by atoms with Crippen LogP contribution >= 0.6 is 0 Å². The summed E-state index contributed by atoms with van der Waals surface area (Å²) in [7, 11) is 0. The molecule has 170 valence electrons. The lowest BCUT2D eigenvalue weighted by atomic mass is 10.1. The highest BCUT2D eigenvalue weighted by Crippen LogP contribution is 2.12. The third-order valence-corrected chi connectivity index (χ3v) is 3.89. The van der Waals surface area contributed by atoms with Gasteiger partial charge in [0.2, 0.25) is 0 Å². The van der Waals surface area contributed by atoms with E-state index in [0.717, 1.165) is 0 Å². The Labute approximate surface area is 178 Å². The zero-order valence-corrected chi connectivity index (χ0v) is 18.5. The molecule has 0 spiro atoms. The molecule has 0 rings (SSSR count). The number of carbonyl (C=O) groups excluding carboxylic acids is 4. The van der Waals surface area contributed by atoms with Crippen LogP contribution < -0.4 is 0 Å². The average Bonchev–Trinajstić information content (AvgIpc) is 2.67. The zero-order chi connectivity index (χ0) is 23.1. The van der Waals surface area contributed by atoms with Gasteiger partial charge >= 0.3 is 23.9 Å². The third kappa shape index (κ3) is 13.5. The van der Waals surface area contributed by atoms with E-state index in [9.17, 15) is 19.2 Å². The second kappa shape index (κ2) is 15.2. The number of hydrogen-bond donors (Lipinski definition) is 0. The van der Waals surface area contributed by atoms with Gasteiger partial charge in [0.15, 0.2) is 0 Å². The highest BCUT2D eigenvalue weighted by molar-refractivity contribution is 5.87. The molecule has 0 heterocycles. The lowest BCUT2D eigenvalue weighted by molar-refractivity contribution is -0.156.